The van der Waals surface area contributed by atoms with Crippen LogP contribution >= 0.6 is 7.60 Å². The first-order chi connectivity index (χ1) is 5.02. The summed E-state index contributed by atoms with van der Waals surface area (Å²) >= 11 is 0. The van der Waals surface area contributed by atoms with Crippen molar-refractivity contribution < 1.29 is 18.7 Å². The standard InChI is InChI=1S/C6H6FO3P/c7-5-3-1-2-4-6(5)11(8,9)10/h1-4H,(H2,8,9,10)/p-2. The molecule has 0 N–H and O–H groups in total. The fourth-order valence-electron chi connectivity index (χ4n) is 0.674. The van der Waals surface area contributed by atoms with Gasteiger partial charge in [0, 0.05) is 5.30 Å². The molecule has 0 unspecified atom stereocenters. The molecular formula is C6H4FO3P-2. The van der Waals surface area contributed by atoms with Gasteiger partial charge in [-0.1, -0.05) is 18.2 Å². The molecule has 60 valence electrons. The number of hydrogen-bond acceptors (Lipinski definition) is 3. The lowest BCUT2D eigenvalue weighted by molar-refractivity contribution is -0.308. The Bertz CT molecular complexity index is 306. The molecule has 0 aliphatic heterocycles. The fraction of sp³-hybridized carbons (Fsp3) is 0. The van der Waals surface area contributed by atoms with Gasteiger partial charge in [-0.2, -0.15) is 0 Å². The lowest BCUT2D eigenvalue weighted by Gasteiger charge is -2.29. The van der Waals surface area contributed by atoms with E-state index in [2.05, 4.69) is 0 Å². The van der Waals surface area contributed by atoms with E-state index in [4.69, 9.17) is 0 Å². The second-order valence-electron chi connectivity index (χ2n) is 1.95. The molecule has 0 saturated heterocycles. The van der Waals surface area contributed by atoms with Crippen LogP contribution in [-0.2, 0) is 4.57 Å². The van der Waals surface area contributed by atoms with Gasteiger partial charge in [-0.05, 0) is 13.7 Å². The lowest BCUT2D eigenvalue weighted by Crippen LogP contribution is -2.26. The Hall–Kier alpha value is -0.700. The van der Waals surface area contributed by atoms with Crippen LogP contribution in [-0.4, -0.2) is 0 Å². The van der Waals surface area contributed by atoms with E-state index in [0.717, 1.165) is 12.1 Å². The zero-order valence-corrected chi connectivity index (χ0v) is 6.25. The maximum Gasteiger partial charge on any atom is 0.131 e. The number of benzene rings is 1. The summed E-state index contributed by atoms with van der Waals surface area (Å²) < 4.78 is 22.8. The van der Waals surface area contributed by atoms with E-state index in [9.17, 15) is 18.7 Å². The Kier molecular flexibility index (Phi) is 2.09. The molecule has 0 aliphatic carbocycles. The zero-order chi connectivity index (χ0) is 8.48. The summed E-state index contributed by atoms with van der Waals surface area (Å²) in [4.78, 5) is 20.6. The Labute approximate surface area is 62.6 Å². The quantitative estimate of drug-likeness (QED) is 0.532. The average molecular weight is 174 g/mol. The van der Waals surface area contributed by atoms with Crippen LogP contribution < -0.4 is 15.1 Å². The summed E-state index contributed by atoms with van der Waals surface area (Å²) in [6, 6.07) is 4.48. The first kappa shape index (κ1) is 8.40. The molecule has 5 heteroatoms. The second kappa shape index (κ2) is 2.74. The smallest absolute Gasteiger partial charge is 0.131 e. The van der Waals surface area contributed by atoms with Crippen molar-refractivity contribution in [3.05, 3.63) is 30.1 Å². The Morgan fingerprint density at radius 3 is 2.18 bits per heavy atom. The molecule has 0 heterocycles. The van der Waals surface area contributed by atoms with Gasteiger partial charge in [-0.15, -0.1) is 0 Å². The molecule has 0 aromatic heterocycles. The highest BCUT2D eigenvalue weighted by atomic mass is 31.2. The van der Waals surface area contributed by atoms with Crippen molar-refractivity contribution in [3.63, 3.8) is 0 Å². The molecule has 3 nitrogen and oxygen atoms in total. The van der Waals surface area contributed by atoms with Crippen LogP contribution in [0.15, 0.2) is 24.3 Å². The maximum absolute atomic E-state index is 12.5. The maximum atomic E-state index is 12.5. The predicted molar refractivity (Wildman–Crippen MR) is 33.6 cm³/mol. The second-order valence-corrected chi connectivity index (χ2v) is 3.43. The normalized spacial score (nSPS) is 11.5. The Morgan fingerprint density at radius 2 is 1.82 bits per heavy atom. The van der Waals surface area contributed by atoms with Crippen LogP contribution in [0, 0.1) is 5.82 Å². The molecule has 1 rings (SSSR count). The fourth-order valence-corrected chi connectivity index (χ4v) is 1.28. The Balaban J connectivity index is 3.25. The summed E-state index contributed by atoms with van der Waals surface area (Å²) in [5, 5.41) is -0.778. The van der Waals surface area contributed by atoms with Crippen molar-refractivity contribution in [1.82, 2.24) is 0 Å². The van der Waals surface area contributed by atoms with Gasteiger partial charge in [-0.25, -0.2) is 4.39 Å². The summed E-state index contributed by atoms with van der Waals surface area (Å²) in [6.07, 6.45) is 0. The van der Waals surface area contributed by atoms with Crippen molar-refractivity contribution in [2.24, 2.45) is 0 Å². The zero-order valence-electron chi connectivity index (χ0n) is 5.36. The highest BCUT2D eigenvalue weighted by Crippen LogP contribution is 2.22. The molecule has 0 amide bonds. The van der Waals surface area contributed by atoms with Gasteiger partial charge in [0.2, 0.25) is 0 Å². The van der Waals surface area contributed by atoms with Crippen LogP contribution in [0.4, 0.5) is 4.39 Å². The van der Waals surface area contributed by atoms with Crippen molar-refractivity contribution in [1.29, 1.82) is 0 Å². The molecule has 0 saturated carbocycles. The molecule has 0 fully saturated rings. The SMILES string of the molecule is O=P([O-])([O-])c1ccccc1F. The molecule has 0 bridgehead atoms. The van der Waals surface area contributed by atoms with E-state index in [0.29, 0.717) is 0 Å². The minimum absolute atomic E-state index is 0.778. The van der Waals surface area contributed by atoms with Gasteiger partial charge in [0.25, 0.3) is 0 Å². The third-order valence-electron chi connectivity index (χ3n) is 1.15. The van der Waals surface area contributed by atoms with Crippen LogP contribution in [0.25, 0.3) is 0 Å². The van der Waals surface area contributed by atoms with Crippen LogP contribution in [0.1, 0.15) is 0 Å². The van der Waals surface area contributed by atoms with Gasteiger partial charge < -0.3 is 14.4 Å². The summed E-state index contributed by atoms with van der Waals surface area (Å²) in [6.45, 7) is 0. The number of halogens is 1. The summed E-state index contributed by atoms with van der Waals surface area (Å²) in [5.74, 6) is -0.999. The highest BCUT2D eigenvalue weighted by molar-refractivity contribution is 7.57. The predicted octanol–water partition coefficient (Wildman–Crippen LogP) is -0.635. The monoisotopic (exact) mass is 174 g/mol. The van der Waals surface area contributed by atoms with E-state index < -0.39 is 18.7 Å². The van der Waals surface area contributed by atoms with E-state index in [1.54, 1.807) is 0 Å². The Morgan fingerprint density at radius 1 is 1.27 bits per heavy atom. The molecule has 0 aliphatic rings. The summed E-state index contributed by atoms with van der Waals surface area (Å²) in [5.41, 5.74) is 0. The molecule has 1 aromatic carbocycles. The van der Waals surface area contributed by atoms with Crippen LogP contribution in [0.2, 0.25) is 0 Å². The molecule has 0 radical (unpaired) electrons. The third kappa shape index (κ3) is 1.87. The largest absolute Gasteiger partial charge is 0.807 e. The third-order valence-corrected chi connectivity index (χ3v) is 2.10. The van der Waals surface area contributed by atoms with E-state index in [-0.39, 0.29) is 0 Å². The van der Waals surface area contributed by atoms with Crippen molar-refractivity contribution in [2.75, 3.05) is 0 Å². The van der Waals surface area contributed by atoms with Crippen LogP contribution in [0.5, 0.6) is 0 Å². The van der Waals surface area contributed by atoms with Crippen molar-refractivity contribution >= 4 is 12.9 Å². The van der Waals surface area contributed by atoms with Gasteiger partial charge in [-0.3, -0.25) is 0 Å². The van der Waals surface area contributed by atoms with E-state index in [1.165, 1.54) is 12.1 Å². The molecule has 1 aromatic rings. The number of rotatable bonds is 1. The molecular weight excluding hydrogens is 170 g/mol. The minimum Gasteiger partial charge on any atom is -0.807 e. The van der Waals surface area contributed by atoms with Crippen LogP contribution in [0.3, 0.4) is 0 Å². The van der Waals surface area contributed by atoms with E-state index >= 15 is 0 Å². The van der Waals surface area contributed by atoms with Gasteiger partial charge in [0.15, 0.2) is 0 Å². The van der Waals surface area contributed by atoms with Gasteiger partial charge in [0.05, 0.1) is 0 Å². The first-order valence-corrected chi connectivity index (χ1v) is 4.33. The molecule has 0 atom stereocenters. The van der Waals surface area contributed by atoms with Crippen molar-refractivity contribution in [3.8, 4) is 0 Å². The summed E-state index contributed by atoms with van der Waals surface area (Å²) in [7, 11) is -4.93. The van der Waals surface area contributed by atoms with E-state index in [1.807, 2.05) is 0 Å². The molecule has 0 spiro atoms. The van der Waals surface area contributed by atoms with Crippen molar-refractivity contribution in [2.45, 2.75) is 0 Å². The highest BCUT2D eigenvalue weighted by Gasteiger charge is 2.02. The van der Waals surface area contributed by atoms with Gasteiger partial charge in [0.1, 0.15) is 5.82 Å². The lowest BCUT2D eigenvalue weighted by atomic mass is 10.3. The van der Waals surface area contributed by atoms with Gasteiger partial charge >= 0.3 is 0 Å². The number of hydrogen-bond donors (Lipinski definition) is 0. The first-order valence-electron chi connectivity index (χ1n) is 2.79. The average Bonchev–Trinajstić information content (AvgIpc) is 1.86. The topological polar surface area (TPSA) is 63.2 Å². The molecule has 11 heavy (non-hydrogen) atoms. The minimum atomic E-state index is -4.93.